The van der Waals surface area contributed by atoms with Crippen molar-refractivity contribution in [2.24, 2.45) is 0 Å². The quantitative estimate of drug-likeness (QED) is 0.787. The highest BCUT2D eigenvalue weighted by molar-refractivity contribution is 6.00. The predicted octanol–water partition coefficient (Wildman–Crippen LogP) is 0.907. The van der Waals surface area contributed by atoms with E-state index in [9.17, 15) is 4.79 Å². The molecule has 2 rings (SSSR count). The van der Waals surface area contributed by atoms with Crippen LogP contribution >= 0.6 is 0 Å². The number of hydrogen-bond donors (Lipinski definition) is 2. The van der Waals surface area contributed by atoms with Crippen LogP contribution in [0, 0.1) is 6.92 Å². The first-order valence-electron chi connectivity index (χ1n) is 6.14. The van der Waals surface area contributed by atoms with Gasteiger partial charge < -0.3 is 25.0 Å². The first kappa shape index (κ1) is 14.6. The van der Waals surface area contributed by atoms with Gasteiger partial charge in [0.1, 0.15) is 11.5 Å². The van der Waals surface area contributed by atoms with Crippen LogP contribution in [0.1, 0.15) is 22.1 Å². The van der Waals surface area contributed by atoms with Gasteiger partial charge in [-0.3, -0.25) is 4.79 Å². The molecule has 3 N–H and O–H groups in total. The number of carbonyl (C=O) groups excluding carboxylic acids is 1. The fourth-order valence-electron chi connectivity index (χ4n) is 1.74. The Morgan fingerprint density at radius 3 is 2.71 bits per heavy atom. The van der Waals surface area contributed by atoms with Gasteiger partial charge in [0, 0.05) is 6.07 Å². The Morgan fingerprint density at radius 1 is 1.38 bits per heavy atom. The fraction of sp³-hybridized carbons (Fsp3) is 0.308. The molecule has 0 aliphatic rings. The number of nitrogens with zero attached hydrogens (tertiary/aromatic N) is 2. The van der Waals surface area contributed by atoms with Crippen LogP contribution in [0.5, 0.6) is 11.5 Å². The molecule has 1 heterocycles. The first-order valence-corrected chi connectivity index (χ1v) is 6.14. The van der Waals surface area contributed by atoms with Crippen molar-refractivity contribution in [3.63, 3.8) is 0 Å². The van der Waals surface area contributed by atoms with Crippen molar-refractivity contribution >= 4 is 11.6 Å². The van der Waals surface area contributed by atoms with Gasteiger partial charge in [-0.2, -0.15) is 4.98 Å². The molecule has 1 aromatic carbocycles. The van der Waals surface area contributed by atoms with Gasteiger partial charge in [-0.25, -0.2) is 0 Å². The fourth-order valence-corrected chi connectivity index (χ4v) is 1.74. The van der Waals surface area contributed by atoms with Crippen LogP contribution in [0.4, 0.5) is 5.69 Å². The van der Waals surface area contributed by atoms with E-state index in [1.807, 2.05) is 0 Å². The summed E-state index contributed by atoms with van der Waals surface area (Å²) in [6.45, 7) is 1.80. The van der Waals surface area contributed by atoms with E-state index in [4.69, 9.17) is 19.7 Å². The number of ether oxygens (including phenoxy) is 2. The Morgan fingerprint density at radius 2 is 2.14 bits per heavy atom. The molecule has 0 unspecified atom stereocenters. The summed E-state index contributed by atoms with van der Waals surface area (Å²) in [5.41, 5.74) is 6.38. The lowest BCUT2D eigenvalue weighted by Gasteiger charge is -2.12. The van der Waals surface area contributed by atoms with Crippen LogP contribution in [-0.4, -0.2) is 30.3 Å². The molecule has 0 fully saturated rings. The number of aryl methyl sites for hydroxylation is 1. The van der Waals surface area contributed by atoms with E-state index in [1.54, 1.807) is 13.0 Å². The Balaban J connectivity index is 2.18. The summed E-state index contributed by atoms with van der Waals surface area (Å²) >= 11 is 0. The third kappa shape index (κ3) is 3.22. The molecule has 0 bridgehead atoms. The maximum Gasteiger partial charge on any atom is 0.254 e. The van der Waals surface area contributed by atoms with Crippen LogP contribution in [0.15, 0.2) is 16.7 Å². The van der Waals surface area contributed by atoms with Gasteiger partial charge in [-0.1, -0.05) is 5.16 Å². The van der Waals surface area contributed by atoms with E-state index in [-0.39, 0.29) is 23.7 Å². The Bertz CT molecular complexity index is 654. The molecule has 0 radical (unpaired) electrons. The van der Waals surface area contributed by atoms with E-state index in [1.165, 1.54) is 20.3 Å². The number of anilines is 1. The largest absolute Gasteiger partial charge is 0.497 e. The molecule has 0 saturated heterocycles. The third-order valence-corrected chi connectivity index (χ3v) is 2.79. The minimum Gasteiger partial charge on any atom is -0.497 e. The molecule has 1 aromatic heterocycles. The van der Waals surface area contributed by atoms with Crippen LogP contribution in [0.3, 0.4) is 0 Å². The van der Waals surface area contributed by atoms with Crippen LogP contribution < -0.4 is 20.5 Å². The molecule has 0 aliphatic heterocycles. The SMILES string of the molecule is COc1cc(OC)c(N)c(C(=O)NCc2nc(C)no2)c1. The lowest BCUT2D eigenvalue weighted by Crippen LogP contribution is -2.24. The summed E-state index contributed by atoms with van der Waals surface area (Å²) in [5.74, 6) is 1.27. The smallest absolute Gasteiger partial charge is 0.254 e. The maximum absolute atomic E-state index is 12.2. The topological polar surface area (TPSA) is 112 Å². The average Bonchev–Trinajstić information content (AvgIpc) is 2.90. The van der Waals surface area contributed by atoms with Crippen LogP contribution in [0.2, 0.25) is 0 Å². The van der Waals surface area contributed by atoms with Crippen molar-refractivity contribution in [3.05, 3.63) is 29.4 Å². The summed E-state index contributed by atoms with van der Waals surface area (Å²) in [7, 11) is 2.96. The zero-order valence-electron chi connectivity index (χ0n) is 12.0. The summed E-state index contributed by atoms with van der Waals surface area (Å²) < 4.78 is 15.1. The Hall–Kier alpha value is -2.77. The number of nitrogens with two attached hydrogens (primary N) is 1. The van der Waals surface area contributed by atoms with Gasteiger partial charge in [-0.05, 0) is 13.0 Å². The predicted molar refractivity (Wildman–Crippen MR) is 74.2 cm³/mol. The number of nitrogens with one attached hydrogen (secondary N) is 1. The normalized spacial score (nSPS) is 10.2. The summed E-state index contributed by atoms with van der Waals surface area (Å²) in [6.07, 6.45) is 0. The van der Waals surface area contributed by atoms with Crippen molar-refractivity contribution < 1.29 is 18.8 Å². The maximum atomic E-state index is 12.2. The van der Waals surface area contributed by atoms with Crippen LogP contribution in [0.25, 0.3) is 0 Å². The minimum absolute atomic E-state index is 0.110. The lowest BCUT2D eigenvalue weighted by molar-refractivity contribution is 0.0946. The standard InChI is InChI=1S/C13H16N4O4/c1-7-16-11(21-17-7)6-15-13(18)9-4-8(19-2)5-10(20-3)12(9)14/h4-5H,6,14H2,1-3H3,(H,15,18). The second kappa shape index (κ2) is 6.12. The Kier molecular flexibility index (Phi) is 4.27. The molecular formula is C13H16N4O4. The van der Waals surface area contributed by atoms with E-state index in [2.05, 4.69) is 15.5 Å². The molecule has 21 heavy (non-hydrogen) atoms. The molecule has 2 aromatic rings. The molecule has 112 valence electrons. The van der Waals surface area contributed by atoms with Gasteiger partial charge in [0.05, 0.1) is 32.0 Å². The van der Waals surface area contributed by atoms with Crippen molar-refractivity contribution in [3.8, 4) is 11.5 Å². The average molecular weight is 292 g/mol. The number of benzene rings is 1. The number of hydrogen-bond acceptors (Lipinski definition) is 7. The van der Waals surface area contributed by atoms with Crippen LogP contribution in [-0.2, 0) is 6.54 Å². The van der Waals surface area contributed by atoms with Gasteiger partial charge in [0.2, 0.25) is 5.89 Å². The highest BCUT2D eigenvalue weighted by Crippen LogP contribution is 2.30. The molecule has 1 amide bonds. The number of methoxy groups -OCH3 is 2. The number of nitrogen functional groups attached to an aromatic ring is 1. The molecule has 0 saturated carbocycles. The summed E-state index contributed by atoms with van der Waals surface area (Å²) in [5, 5.41) is 6.28. The molecule has 0 spiro atoms. The van der Waals surface area contributed by atoms with Gasteiger partial charge in [0.25, 0.3) is 5.91 Å². The van der Waals surface area contributed by atoms with Crippen molar-refractivity contribution in [2.75, 3.05) is 20.0 Å². The van der Waals surface area contributed by atoms with Gasteiger partial charge in [-0.15, -0.1) is 0 Å². The van der Waals surface area contributed by atoms with Gasteiger partial charge >= 0.3 is 0 Å². The lowest BCUT2D eigenvalue weighted by atomic mass is 10.1. The minimum atomic E-state index is -0.388. The zero-order valence-corrected chi connectivity index (χ0v) is 12.0. The third-order valence-electron chi connectivity index (χ3n) is 2.79. The van der Waals surface area contributed by atoms with Crippen molar-refractivity contribution in [1.29, 1.82) is 0 Å². The summed E-state index contributed by atoms with van der Waals surface area (Å²) in [6, 6.07) is 3.14. The number of aromatic nitrogens is 2. The number of rotatable bonds is 5. The van der Waals surface area contributed by atoms with Crippen molar-refractivity contribution in [2.45, 2.75) is 13.5 Å². The molecule has 0 aliphatic carbocycles. The van der Waals surface area contributed by atoms with Gasteiger partial charge in [0.15, 0.2) is 5.82 Å². The number of amides is 1. The molecular weight excluding hydrogens is 276 g/mol. The zero-order chi connectivity index (χ0) is 15.4. The van der Waals surface area contributed by atoms with E-state index in [0.717, 1.165) is 0 Å². The second-order valence-electron chi connectivity index (χ2n) is 4.21. The second-order valence-corrected chi connectivity index (χ2v) is 4.21. The van der Waals surface area contributed by atoms with E-state index < -0.39 is 0 Å². The molecule has 0 atom stereocenters. The Labute approximate surface area is 121 Å². The van der Waals surface area contributed by atoms with Crippen molar-refractivity contribution in [1.82, 2.24) is 15.5 Å². The monoisotopic (exact) mass is 292 g/mol. The summed E-state index contributed by atoms with van der Waals surface area (Å²) in [4.78, 5) is 16.2. The highest BCUT2D eigenvalue weighted by atomic mass is 16.5. The first-order chi connectivity index (χ1) is 10.0. The molecule has 8 nitrogen and oxygen atoms in total. The highest BCUT2D eigenvalue weighted by Gasteiger charge is 2.16. The number of carbonyl (C=O) groups is 1. The molecule has 8 heteroatoms. The van der Waals surface area contributed by atoms with E-state index in [0.29, 0.717) is 23.2 Å². The van der Waals surface area contributed by atoms with E-state index >= 15 is 0 Å².